The lowest BCUT2D eigenvalue weighted by Gasteiger charge is -2.25. The zero-order valence-electron chi connectivity index (χ0n) is 23.4. The second-order valence-electron chi connectivity index (χ2n) is 10.6. The quantitative estimate of drug-likeness (QED) is 0.110. The Morgan fingerprint density at radius 2 is 1.21 bits per heavy atom. The minimum Gasteiger partial charge on any atom is -0.480 e. The van der Waals surface area contributed by atoms with E-state index >= 15 is 0 Å². The molecule has 0 aliphatic carbocycles. The predicted octanol–water partition coefficient (Wildman–Crippen LogP) is 1.89. The van der Waals surface area contributed by atoms with Crippen LogP contribution in [0.5, 0.6) is 0 Å². The molecular formula is C30H36N6O5S. The fourth-order valence-corrected chi connectivity index (χ4v) is 5.02. The number of carbonyl (C=O) groups excluding carboxylic acids is 3. The minimum atomic E-state index is -1.25. The highest BCUT2D eigenvalue weighted by atomic mass is 32.1. The second kappa shape index (κ2) is 13.6. The lowest BCUT2D eigenvalue weighted by Crippen LogP contribution is -2.58. The van der Waals surface area contributed by atoms with E-state index in [2.05, 4.69) is 38.5 Å². The van der Waals surface area contributed by atoms with E-state index in [4.69, 9.17) is 5.73 Å². The third kappa shape index (κ3) is 7.12. The van der Waals surface area contributed by atoms with E-state index in [0.29, 0.717) is 0 Å². The van der Waals surface area contributed by atoms with E-state index in [1.165, 1.54) is 0 Å². The molecule has 11 nitrogen and oxygen atoms in total. The van der Waals surface area contributed by atoms with Gasteiger partial charge >= 0.3 is 5.97 Å². The highest BCUT2D eigenvalue weighted by Crippen LogP contribution is 2.20. The van der Waals surface area contributed by atoms with Crippen LogP contribution in [-0.2, 0) is 32.0 Å². The number of thiol groups is 1. The molecule has 0 saturated carbocycles. The molecule has 0 radical (unpaired) electrons. The Morgan fingerprint density at radius 3 is 1.71 bits per heavy atom. The van der Waals surface area contributed by atoms with E-state index in [1.54, 1.807) is 26.2 Å². The van der Waals surface area contributed by atoms with Gasteiger partial charge in [0.2, 0.25) is 17.7 Å². The number of rotatable bonds is 13. The summed E-state index contributed by atoms with van der Waals surface area (Å²) in [6, 6.07) is 10.7. The molecule has 0 bridgehead atoms. The van der Waals surface area contributed by atoms with Gasteiger partial charge in [0.25, 0.3) is 0 Å². The molecule has 4 atom stereocenters. The van der Waals surface area contributed by atoms with Crippen LogP contribution in [0.3, 0.4) is 0 Å². The molecule has 42 heavy (non-hydrogen) atoms. The molecule has 0 spiro atoms. The van der Waals surface area contributed by atoms with Gasteiger partial charge in [0, 0.05) is 52.8 Å². The van der Waals surface area contributed by atoms with Crippen molar-refractivity contribution in [3.05, 3.63) is 72.1 Å². The molecular weight excluding hydrogens is 556 g/mol. The molecule has 8 N–H and O–H groups in total. The number of nitrogens with two attached hydrogens (primary N) is 1. The van der Waals surface area contributed by atoms with Crippen molar-refractivity contribution in [2.75, 3.05) is 5.75 Å². The third-order valence-corrected chi connectivity index (χ3v) is 7.65. The van der Waals surface area contributed by atoms with Gasteiger partial charge in [0.15, 0.2) is 0 Å². The van der Waals surface area contributed by atoms with Crippen LogP contribution in [-0.4, -0.2) is 68.7 Å². The Hall–Kier alpha value is -4.29. The molecule has 0 aliphatic rings. The number of para-hydroxylation sites is 2. The molecule has 12 heteroatoms. The average Bonchev–Trinajstić information content (AvgIpc) is 3.58. The number of carboxylic acid groups (broad SMARTS) is 1. The highest BCUT2D eigenvalue weighted by Gasteiger charge is 2.31. The van der Waals surface area contributed by atoms with Gasteiger partial charge in [-0.1, -0.05) is 50.2 Å². The zero-order valence-corrected chi connectivity index (χ0v) is 24.3. The van der Waals surface area contributed by atoms with Gasteiger partial charge in [-0.15, -0.1) is 0 Å². The molecule has 0 saturated heterocycles. The fourth-order valence-electron chi connectivity index (χ4n) is 4.76. The number of aromatic nitrogens is 2. The van der Waals surface area contributed by atoms with E-state index in [1.807, 2.05) is 48.5 Å². The van der Waals surface area contributed by atoms with Crippen LogP contribution in [0.15, 0.2) is 60.9 Å². The van der Waals surface area contributed by atoms with Crippen molar-refractivity contribution in [3.8, 4) is 0 Å². The van der Waals surface area contributed by atoms with E-state index < -0.39 is 47.9 Å². The number of aromatic amines is 2. The van der Waals surface area contributed by atoms with E-state index in [9.17, 15) is 24.3 Å². The van der Waals surface area contributed by atoms with Gasteiger partial charge in [-0.05, 0) is 29.2 Å². The molecule has 0 aliphatic heterocycles. The number of fused-ring (bicyclic) bond motifs is 2. The smallest absolute Gasteiger partial charge is 0.326 e. The maximum atomic E-state index is 13.5. The number of nitrogens with one attached hydrogen (secondary N) is 5. The number of aliphatic carboxylic acids is 1. The summed E-state index contributed by atoms with van der Waals surface area (Å²) >= 11 is 4.24. The van der Waals surface area contributed by atoms with Crippen molar-refractivity contribution in [3.63, 3.8) is 0 Å². The molecule has 3 amide bonds. The number of carboxylic acids is 1. The lowest BCUT2D eigenvalue weighted by molar-refractivity contribution is -0.142. The van der Waals surface area contributed by atoms with Gasteiger partial charge in [0.1, 0.15) is 18.1 Å². The van der Waals surface area contributed by atoms with Gasteiger partial charge in [0.05, 0.1) is 6.04 Å². The monoisotopic (exact) mass is 592 g/mol. The molecule has 2 aromatic heterocycles. The Morgan fingerprint density at radius 1 is 0.762 bits per heavy atom. The first-order valence-corrected chi connectivity index (χ1v) is 14.3. The Labute approximate surface area is 248 Å². The van der Waals surface area contributed by atoms with Crippen molar-refractivity contribution < 1.29 is 24.3 Å². The minimum absolute atomic E-state index is 0.0324. The summed E-state index contributed by atoms with van der Waals surface area (Å²) in [4.78, 5) is 57.9. The molecule has 2 aromatic carbocycles. The first kappa shape index (κ1) is 30.7. The van der Waals surface area contributed by atoms with Crippen molar-refractivity contribution in [2.24, 2.45) is 11.7 Å². The standard InChI is InChI=1S/C30H36N6O5S/c1-16(2)26(31)29(39)34-23(11-17-13-32-21-9-5-3-7-19(17)21)27(37)36-25(15-42)28(38)35-24(30(40)41)12-18-14-33-22-10-6-4-8-20(18)22/h3-10,13-14,16,23-26,32-33,42H,11-12,15,31H2,1-2H3,(H,34,39)(H,35,38)(H,36,37)(H,40,41). The maximum absolute atomic E-state index is 13.5. The Balaban J connectivity index is 1.49. The van der Waals surface area contributed by atoms with E-state index in [-0.39, 0.29) is 24.5 Å². The summed E-state index contributed by atoms with van der Waals surface area (Å²) in [7, 11) is 0. The summed E-state index contributed by atoms with van der Waals surface area (Å²) in [5, 5.41) is 19.5. The summed E-state index contributed by atoms with van der Waals surface area (Å²) in [5.41, 5.74) is 9.28. The third-order valence-electron chi connectivity index (χ3n) is 7.28. The molecule has 222 valence electrons. The van der Waals surface area contributed by atoms with Crippen LogP contribution in [0.4, 0.5) is 0 Å². The van der Waals surface area contributed by atoms with Crippen LogP contribution >= 0.6 is 12.6 Å². The fraction of sp³-hybridized carbons (Fsp3) is 0.333. The first-order chi connectivity index (χ1) is 20.1. The highest BCUT2D eigenvalue weighted by molar-refractivity contribution is 7.80. The van der Waals surface area contributed by atoms with Crippen LogP contribution in [0.2, 0.25) is 0 Å². The molecule has 4 unspecified atom stereocenters. The Kier molecular flexibility index (Phi) is 9.92. The van der Waals surface area contributed by atoms with Crippen LogP contribution in [0.1, 0.15) is 25.0 Å². The van der Waals surface area contributed by atoms with Gasteiger partial charge in [-0.3, -0.25) is 14.4 Å². The zero-order chi connectivity index (χ0) is 30.4. The SMILES string of the molecule is CC(C)C(N)C(=O)NC(Cc1c[nH]c2ccccc12)C(=O)NC(CS)C(=O)NC(Cc1c[nH]c2ccccc12)C(=O)O. The van der Waals surface area contributed by atoms with Crippen LogP contribution in [0, 0.1) is 5.92 Å². The van der Waals surface area contributed by atoms with Crippen molar-refractivity contribution in [2.45, 2.75) is 50.9 Å². The first-order valence-electron chi connectivity index (χ1n) is 13.7. The van der Waals surface area contributed by atoms with Gasteiger partial charge in [-0.2, -0.15) is 12.6 Å². The lowest BCUT2D eigenvalue weighted by atomic mass is 10.0. The van der Waals surface area contributed by atoms with E-state index in [0.717, 1.165) is 32.9 Å². The van der Waals surface area contributed by atoms with Crippen molar-refractivity contribution >= 4 is 58.1 Å². The van der Waals surface area contributed by atoms with Gasteiger partial charge < -0.3 is 36.8 Å². The number of hydrogen-bond acceptors (Lipinski definition) is 6. The number of amides is 3. The number of hydrogen-bond donors (Lipinski definition) is 8. The largest absolute Gasteiger partial charge is 0.480 e. The normalized spacial score (nSPS) is 14.3. The average molecular weight is 593 g/mol. The van der Waals surface area contributed by atoms with Crippen LogP contribution < -0.4 is 21.7 Å². The molecule has 4 rings (SSSR count). The van der Waals surface area contributed by atoms with Crippen LogP contribution in [0.25, 0.3) is 21.8 Å². The molecule has 0 fully saturated rings. The predicted molar refractivity (Wildman–Crippen MR) is 164 cm³/mol. The number of carbonyl (C=O) groups is 4. The summed E-state index contributed by atoms with van der Waals surface area (Å²) in [6.45, 7) is 3.60. The molecule has 2 heterocycles. The Bertz CT molecular complexity index is 1580. The summed E-state index contributed by atoms with van der Waals surface area (Å²) in [5.74, 6) is -3.31. The maximum Gasteiger partial charge on any atom is 0.326 e. The van der Waals surface area contributed by atoms with Crippen molar-refractivity contribution in [1.29, 1.82) is 0 Å². The second-order valence-corrected chi connectivity index (χ2v) is 11.0. The van der Waals surface area contributed by atoms with Crippen molar-refractivity contribution in [1.82, 2.24) is 25.9 Å². The molecule has 4 aromatic rings. The summed E-state index contributed by atoms with van der Waals surface area (Å²) in [6.07, 6.45) is 3.64. The number of benzene rings is 2. The summed E-state index contributed by atoms with van der Waals surface area (Å²) < 4.78 is 0. The van der Waals surface area contributed by atoms with Gasteiger partial charge in [-0.25, -0.2) is 4.79 Å². The number of H-pyrrole nitrogens is 2. The topological polar surface area (TPSA) is 182 Å².